The second kappa shape index (κ2) is 7.77. The van der Waals surface area contributed by atoms with Gasteiger partial charge in [0, 0.05) is 18.5 Å². The van der Waals surface area contributed by atoms with Crippen LogP contribution in [0.3, 0.4) is 0 Å². The van der Waals surface area contributed by atoms with Gasteiger partial charge in [-0.2, -0.15) is 0 Å². The average molecular weight is 302 g/mol. The molecule has 0 saturated heterocycles. The Labute approximate surface area is 134 Å². The van der Waals surface area contributed by atoms with E-state index in [0.29, 0.717) is 24.3 Å². The van der Waals surface area contributed by atoms with E-state index in [0.717, 1.165) is 12.0 Å². The molecule has 0 aromatic heterocycles. The van der Waals surface area contributed by atoms with E-state index in [2.05, 4.69) is 26.1 Å². The van der Waals surface area contributed by atoms with Crippen LogP contribution in [0.25, 0.3) is 0 Å². The Morgan fingerprint density at radius 3 is 2.59 bits per heavy atom. The Morgan fingerprint density at radius 2 is 1.95 bits per heavy atom. The Bertz CT molecular complexity index is 472. The minimum Gasteiger partial charge on any atom is -0.354 e. The molecule has 22 heavy (non-hydrogen) atoms. The van der Waals surface area contributed by atoms with Crippen LogP contribution in [0.5, 0.6) is 0 Å². The van der Waals surface area contributed by atoms with Crippen LogP contribution in [0.15, 0.2) is 30.3 Å². The summed E-state index contributed by atoms with van der Waals surface area (Å²) in [6.07, 6.45) is 3.42. The largest absolute Gasteiger partial charge is 0.354 e. The zero-order valence-electron chi connectivity index (χ0n) is 14.1. The molecule has 1 saturated carbocycles. The third-order valence-corrected chi connectivity index (χ3v) is 5.08. The van der Waals surface area contributed by atoms with Gasteiger partial charge in [-0.15, -0.1) is 0 Å². The lowest BCUT2D eigenvalue weighted by Gasteiger charge is -2.36. The molecule has 2 unspecified atom stereocenters. The van der Waals surface area contributed by atoms with Gasteiger partial charge in [0.2, 0.25) is 5.91 Å². The van der Waals surface area contributed by atoms with Crippen molar-refractivity contribution in [3.05, 3.63) is 35.9 Å². The Balaban J connectivity index is 1.92. The summed E-state index contributed by atoms with van der Waals surface area (Å²) >= 11 is 0. The van der Waals surface area contributed by atoms with Gasteiger partial charge in [-0.25, -0.2) is 0 Å². The molecule has 4 atom stereocenters. The van der Waals surface area contributed by atoms with Crippen molar-refractivity contribution in [2.24, 2.45) is 29.4 Å². The number of amides is 1. The quantitative estimate of drug-likeness (QED) is 0.874. The summed E-state index contributed by atoms with van der Waals surface area (Å²) in [6, 6.07) is 9.82. The summed E-state index contributed by atoms with van der Waals surface area (Å²) in [6.45, 7) is 7.23. The average Bonchev–Trinajstić information content (AvgIpc) is 2.52. The standard InChI is InChI=1S/C19H30N2O/c1-13(2)16-10-9-14(3)11-17(16)19(22)21-12-18(20)15-7-5-4-6-8-15/h4-8,13-14,16-18H,9-12,20H2,1-3H3,(H,21,22)/t14?,16-,17+,18?/m0/s1. The number of nitrogens with two attached hydrogens (primary N) is 1. The van der Waals surface area contributed by atoms with Crippen LogP contribution in [0.4, 0.5) is 0 Å². The molecule has 1 aliphatic carbocycles. The summed E-state index contributed by atoms with van der Waals surface area (Å²) in [7, 11) is 0. The zero-order valence-corrected chi connectivity index (χ0v) is 14.1. The lowest BCUT2D eigenvalue weighted by atomic mass is 9.70. The first kappa shape index (κ1) is 17.0. The maximum absolute atomic E-state index is 12.6. The summed E-state index contributed by atoms with van der Waals surface area (Å²) in [5.74, 6) is 2.05. The summed E-state index contributed by atoms with van der Waals surface area (Å²) in [5.41, 5.74) is 7.25. The number of carbonyl (C=O) groups is 1. The highest BCUT2D eigenvalue weighted by Crippen LogP contribution is 2.38. The van der Waals surface area contributed by atoms with Crippen LogP contribution in [0, 0.1) is 23.7 Å². The van der Waals surface area contributed by atoms with Crippen LogP contribution < -0.4 is 11.1 Å². The highest BCUT2D eigenvalue weighted by atomic mass is 16.1. The molecule has 1 aromatic carbocycles. The van der Waals surface area contributed by atoms with E-state index in [4.69, 9.17) is 5.73 Å². The number of hydrogen-bond donors (Lipinski definition) is 2. The van der Waals surface area contributed by atoms with E-state index in [-0.39, 0.29) is 17.9 Å². The molecule has 0 heterocycles. The van der Waals surface area contributed by atoms with Gasteiger partial charge in [-0.05, 0) is 36.2 Å². The molecular weight excluding hydrogens is 272 g/mol. The van der Waals surface area contributed by atoms with Crippen LogP contribution in [-0.2, 0) is 4.79 Å². The molecule has 0 spiro atoms. The Morgan fingerprint density at radius 1 is 1.27 bits per heavy atom. The molecule has 1 aliphatic rings. The van der Waals surface area contributed by atoms with Crippen LogP contribution in [0.2, 0.25) is 0 Å². The summed E-state index contributed by atoms with van der Waals surface area (Å²) < 4.78 is 0. The van der Waals surface area contributed by atoms with Gasteiger partial charge >= 0.3 is 0 Å². The number of carbonyl (C=O) groups excluding carboxylic acids is 1. The smallest absolute Gasteiger partial charge is 0.223 e. The molecule has 1 aromatic rings. The van der Waals surface area contributed by atoms with Crippen molar-refractivity contribution < 1.29 is 4.79 Å². The van der Waals surface area contributed by atoms with Gasteiger partial charge in [-0.1, -0.05) is 57.5 Å². The minimum atomic E-state index is -0.135. The molecule has 3 heteroatoms. The Kier molecular flexibility index (Phi) is 6.01. The van der Waals surface area contributed by atoms with Gasteiger partial charge in [0.1, 0.15) is 0 Å². The molecule has 1 amide bonds. The normalized spacial score (nSPS) is 26.7. The fourth-order valence-electron chi connectivity index (χ4n) is 3.66. The second-order valence-corrected chi connectivity index (χ2v) is 7.19. The monoisotopic (exact) mass is 302 g/mol. The predicted molar refractivity (Wildman–Crippen MR) is 91.2 cm³/mol. The molecule has 0 aliphatic heterocycles. The molecule has 0 radical (unpaired) electrons. The fraction of sp³-hybridized carbons (Fsp3) is 0.632. The van der Waals surface area contributed by atoms with Crippen molar-refractivity contribution in [3.8, 4) is 0 Å². The maximum atomic E-state index is 12.6. The highest BCUT2D eigenvalue weighted by Gasteiger charge is 2.35. The number of benzene rings is 1. The van der Waals surface area contributed by atoms with E-state index in [1.807, 2.05) is 30.3 Å². The first-order chi connectivity index (χ1) is 10.5. The third-order valence-electron chi connectivity index (χ3n) is 5.08. The van der Waals surface area contributed by atoms with E-state index in [1.165, 1.54) is 12.8 Å². The molecule has 1 fully saturated rings. The van der Waals surface area contributed by atoms with Gasteiger partial charge in [0.15, 0.2) is 0 Å². The van der Waals surface area contributed by atoms with E-state index < -0.39 is 0 Å². The first-order valence-corrected chi connectivity index (χ1v) is 8.57. The van der Waals surface area contributed by atoms with Crippen LogP contribution >= 0.6 is 0 Å². The number of rotatable bonds is 5. The lowest BCUT2D eigenvalue weighted by molar-refractivity contribution is -0.129. The first-order valence-electron chi connectivity index (χ1n) is 8.57. The van der Waals surface area contributed by atoms with Gasteiger partial charge < -0.3 is 11.1 Å². The summed E-state index contributed by atoms with van der Waals surface area (Å²) in [5, 5.41) is 3.09. The topological polar surface area (TPSA) is 55.1 Å². The highest BCUT2D eigenvalue weighted by molar-refractivity contribution is 5.79. The maximum Gasteiger partial charge on any atom is 0.223 e. The minimum absolute atomic E-state index is 0.135. The predicted octanol–water partition coefficient (Wildman–Crippen LogP) is 3.51. The third kappa shape index (κ3) is 4.33. The molecule has 3 nitrogen and oxygen atoms in total. The Hall–Kier alpha value is -1.35. The van der Waals surface area contributed by atoms with Crippen molar-refractivity contribution in [2.75, 3.05) is 6.54 Å². The molecule has 2 rings (SSSR count). The van der Waals surface area contributed by atoms with Crippen molar-refractivity contribution in [1.82, 2.24) is 5.32 Å². The molecule has 3 N–H and O–H groups in total. The molecule has 0 bridgehead atoms. The van der Waals surface area contributed by atoms with Crippen LogP contribution in [-0.4, -0.2) is 12.5 Å². The van der Waals surface area contributed by atoms with Gasteiger partial charge in [0.05, 0.1) is 0 Å². The lowest BCUT2D eigenvalue weighted by Crippen LogP contribution is -2.42. The van der Waals surface area contributed by atoms with Crippen molar-refractivity contribution in [2.45, 2.75) is 46.1 Å². The van der Waals surface area contributed by atoms with Crippen molar-refractivity contribution in [1.29, 1.82) is 0 Å². The van der Waals surface area contributed by atoms with E-state index >= 15 is 0 Å². The van der Waals surface area contributed by atoms with Crippen LogP contribution in [0.1, 0.15) is 51.6 Å². The van der Waals surface area contributed by atoms with Crippen molar-refractivity contribution in [3.63, 3.8) is 0 Å². The molecule has 122 valence electrons. The number of hydrogen-bond acceptors (Lipinski definition) is 2. The summed E-state index contributed by atoms with van der Waals surface area (Å²) in [4.78, 5) is 12.6. The second-order valence-electron chi connectivity index (χ2n) is 7.19. The van der Waals surface area contributed by atoms with E-state index in [1.54, 1.807) is 0 Å². The SMILES string of the molecule is CC1CC[C@@H](C(C)C)[C@H](C(=O)NCC(N)c2ccccc2)C1. The van der Waals surface area contributed by atoms with Gasteiger partial charge in [0.25, 0.3) is 0 Å². The van der Waals surface area contributed by atoms with Gasteiger partial charge in [-0.3, -0.25) is 4.79 Å². The zero-order chi connectivity index (χ0) is 16.1. The fourth-order valence-corrected chi connectivity index (χ4v) is 3.66. The van der Waals surface area contributed by atoms with Crippen molar-refractivity contribution >= 4 is 5.91 Å². The van der Waals surface area contributed by atoms with E-state index in [9.17, 15) is 4.79 Å². The molecular formula is C19H30N2O. The number of nitrogens with one attached hydrogen (secondary N) is 1.